The lowest BCUT2D eigenvalue weighted by Crippen LogP contribution is -2.12. The molecule has 1 aromatic carbocycles. The van der Waals surface area contributed by atoms with Crippen LogP contribution in [-0.4, -0.2) is 15.7 Å². The number of amides is 1. The van der Waals surface area contributed by atoms with Crippen molar-refractivity contribution in [2.75, 3.05) is 5.32 Å². The van der Waals surface area contributed by atoms with E-state index in [0.29, 0.717) is 11.4 Å². The molecule has 0 fully saturated rings. The summed E-state index contributed by atoms with van der Waals surface area (Å²) in [6.07, 6.45) is 1.71. The predicted molar refractivity (Wildman–Crippen MR) is 64.8 cm³/mol. The van der Waals surface area contributed by atoms with Gasteiger partial charge in [-0.25, -0.2) is 4.39 Å². The molecule has 0 saturated heterocycles. The van der Waals surface area contributed by atoms with E-state index in [-0.39, 0.29) is 10.8 Å². The fourth-order valence-corrected chi connectivity index (χ4v) is 1.54. The fourth-order valence-electron chi connectivity index (χ4n) is 1.32. The number of benzene rings is 1. The van der Waals surface area contributed by atoms with Crippen molar-refractivity contribution in [3.63, 3.8) is 0 Å². The van der Waals surface area contributed by atoms with Crippen molar-refractivity contribution >= 4 is 24.4 Å². The summed E-state index contributed by atoms with van der Waals surface area (Å²) >= 11 is 3.92. The van der Waals surface area contributed by atoms with Crippen molar-refractivity contribution in [1.29, 1.82) is 0 Å². The highest BCUT2D eigenvalue weighted by atomic mass is 32.1. The van der Waals surface area contributed by atoms with E-state index in [1.165, 1.54) is 18.2 Å². The van der Waals surface area contributed by atoms with Crippen LogP contribution in [0.15, 0.2) is 35.4 Å². The van der Waals surface area contributed by atoms with Gasteiger partial charge in [-0.2, -0.15) is 5.10 Å². The molecule has 0 bridgehead atoms. The highest BCUT2D eigenvalue weighted by Crippen LogP contribution is 2.15. The topological polar surface area (TPSA) is 46.9 Å². The van der Waals surface area contributed by atoms with Gasteiger partial charge in [0.2, 0.25) is 0 Å². The Morgan fingerprint density at radius 2 is 2.24 bits per heavy atom. The highest BCUT2D eigenvalue weighted by molar-refractivity contribution is 7.80. The molecule has 4 nitrogen and oxygen atoms in total. The van der Waals surface area contributed by atoms with E-state index >= 15 is 0 Å². The molecule has 0 aliphatic carbocycles. The number of nitrogens with zero attached hydrogens (tertiary/aromatic N) is 2. The van der Waals surface area contributed by atoms with Gasteiger partial charge in [-0.1, -0.05) is 0 Å². The van der Waals surface area contributed by atoms with Gasteiger partial charge in [-0.05, 0) is 18.2 Å². The first-order chi connectivity index (χ1) is 8.06. The Kier molecular flexibility index (Phi) is 3.14. The summed E-state index contributed by atoms with van der Waals surface area (Å²) in [7, 11) is 1.75. The van der Waals surface area contributed by atoms with Gasteiger partial charge >= 0.3 is 0 Å². The van der Waals surface area contributed by atoms with E-state index in [1.807, 2.05) is 0 Å². The van der Waals surface area contributed by atoms with Crippen LogP contribution in [0, 0.1) is 5.82 Å². The van der Waals surface area contributed by atoms with Crippen molar-refractivity contribution in [2.45, 2.75) is 4.90 Å². The summed E-state index contributed by atoms with van der Waals surface area (Å²) in [6.45, 7) is 0. The number of anilines is 1. The Morgan fingerprint density at radius 3 is 2.82 bits per heavy atom. The summed E-state index contributed by atoms with van der Waals surface area (Å²) < 4.78 is 14.5. The second-order valence-electron chi connectivity index (χ2n) is 3.49. The minimum atomic E-state index is -0.456. The summed E-state index contributed by atoms with van der Waals surface area (Å²) in [5, 5.41) is 6.61. The summed E-state index contributed by atoms with van der Waals surface area (Å²) in [5.41, 5.74) is 0.335. The number of aryl methyl sites for hydroxylation is 1. The van der Waals surface area contributed by atoms with Crippen LogP contribution in [0.2, 0.25) is 0 Å². The smallest absolute Gasteiger partial charge is 0.256 e. The van der Waals surface area contributed by atoms with Crippen LogP contribution in [-0.2, 0) is 7.05 Å². The van der Waals surface area contributed by atoms with Gasteiger partial charge in [0.05, 0.1) is 0 Å². The molecule has 1 aromatic heterocycles. The molecule has 0 aliphatic heterocycles. The lowest BCUT2D eigenvalue weighted by Gasteiger charge is -2.03. The molecule has 1 heterocycles. The molecule has 0 radical (unpaired) electrons. The minimum absolute atomic E-state index is 0.138. The number of thiol groups is 1. The molecule has 0 spiro atoms. The van der Waals surface area contributed by atoms with E-state index in [2.05, 4.69) is 23.0 Å². The normalized spacial score (nSPS) is 10.3. The molecule has 0 saturated carbocycles. The average molecular weight is 251 g/mol. The lowest BCUT2D eigenvalue weighted by molar-refractivity contribution is 0.102. The Morgan fingerprint density at radius 1 is 1.47 bits per heavy atom. The molecule has 2 aromatic rings. The molecule has 88 valence electrons. The first kappa shape index (κ1) is 11.7. The van der Waals surface area contributed by atoms with Gasteiger partial charge < -0.3 is 5.32 Å². The zero-order valence-electron chi connectivity index (χ0n) is 9.01. The Balaban J connectivity index is 2.17. The second kappa shape index (κ2) is 4.58. The Labute approximate surface area is 103 Å². The highest BCUT2D eigenvalue weighted by Gasteiger charge is 2.09. The zero-order chi connectivity index (χ0) is 12.4. The van der Waals surface area contributed by atoms with Crippen molar-refractivity contribution in [1.82, 2.24) is 9.78 Å². The SMILES string of the molecule is Cn1ccc(NC(=O)c2ccc(F)c(S)c2)n1. The van der Waals surface area contributed by atoms with Gasteiger partial charge in [0.15, 0.2) is 5.82 Å². The number of hydrogen-bond donors (Lipinski definition) is 2. The van der Waals surface area contributed by atoms with Crippen LogP contribution in [0.25, 0.3) is 0 Å². The van der Waals surface area contributed by atoms with E-state index in [0.717, 1.165) is 0 Å². The van der Waals surface area contributed by atoms with Crippen LogP contribution in [0.4, 0.5) is 10.2 Å². The molecular formula is C11H10FN3OS. The maximum atomic E-state index is 13.0. The maximum absolute atomic E-state index is 13.0. The quantitative estimate of drug-likeness (QED) is 0.803. The monoisotopic (exact) mass is 251 g/mol. The maximum Gasteiger partial charge on any atom is 0.256 e. The minimum Gasteiger partial charge on any atom is -0.305 e. The van der Waals surface area contributed by atoms with Crippen molar-refractivity contribution in [3.05, 3.63) is 41.8 Å². The van der Waals surface area contributed by atoms with Crippen molar-refractivity contribution in [3.8, 4) is 0 Å². The van der Waals surface area contributed by atoms with Gasteiger partial charge in [0.25, 0.3) is 5.91 Å². The lowest BCUT2D eigenvalue weighted by atomic mass is 10.2. The van der Waals surface area contributed by atoms with E-state index < -0.39 is 5.82 Å². The number of rotatable bonds is 2. The van der Waals surface area contributed by atoms with Gasteiger partial charge in [0, 0.05) is 29.8 Å². The standard InChI is InChI=1S/C11H10FN3OS/c1-15-5-4-10(14-15)13-11(16)7-2-3-8(12)9(17)6-7/h2-6,17H,1H3,(H,13,14,16). The van der Waals surface area contributed by atoms with Gasteiger partial charge in [-0.3, -0.25) is 9.48 Å². The van der Waals surface area contributed by atoms with Gasteiger partial charge in [-0.15, -0.1) is 12.6 Å². The molecule has 1 N–H and O–H groups in total. The van der Waals surface area contributed by atoms with E-state index in [4.69, 9.17) is 0 Å². The van der Waals surface area contributed by atoms with Crippen LogP contribution in [0.3, 0.4) is 0 Å². The molecule has 0 atom stereocenters. The Bertz CT molecular complexity index is 568. The number of halogens is 1. The molecule has 2 rings (SSSR count). The van der Waals surface area contributed by atoms with Crippen molar-refractivity contribution in [2.24, 2.45) is 7.05 Å². The van der Waals surface area contributed by atoms with Gasteiger partial charge in [0.1, 0.15) is 5.82 Å². The van der Waals surface area contributed by atoms with E-state index in [9.17, 15) is 9.18 Å². The molecule has 17 heavy (non-hydrogen) atoms. The molecular weight excluding hydrogens is 241 g/mol. The third kappa shape index (κ3) is 2.65. The molecule has 0 unspecified atom stereocenters. The number of aromatic nitrogens is 2. The number of carbonyl (C=O) groups is 1. The fraction of sp³-hybridized carbons (Fsp3) is 0.0909. The molecule has 0 aliphatic rings. The summed E-state index contributed by atoms with van der Waals surface area (Å²) in [5.74, 6) is -0.357. The van der Waals surface area contributed by atoms with Crippen molar-refractivity contribution < 1.29 is 9.18 Å². The largest absolute Gasteiger partial charge is 0.305 e. The third-order valence-electron chi connectivity index (χ3n) is 2.16. The first-order valence-electron chi connectivity index (χ1n) is 4.86. The Hall–Kier alpha value is -1.82. The average Bonchev–Trinajstić information content (AvgIpc) is 2.68. The molecule has 6 heteroatoms. The molecule has 1 amide bonds. The van der Waals surface area contributed by atoms with Crippen LogP contribution < -0.4 is 5.32 Å². The summed E-state index contributed by atoms with van der Waals surface area (Å²) in [4.78, 5) is 11.9. The first-order valence-corrected chi connectivity index (χ1v) is 5.30. The summed E-state index contributed by atoms with van der Waals surface area (Å²) in [6, 6.07) is 5.64. The zero-order valence-corrected chi connectivity index (χ0v) is 9.91. The number of hydrogen-bond acceptors (Lipinski definition) is 3. The number of nitrogens with one attached hydrogen (secondary N) is 1. The second-order valence-corrected chi connectivity index (χ2v) is 3.98. The van der Waals surface area contributed by atoms with Crippen LogP contribution in [0.1, 0.15) is 10.4 Å². The van der Waals surface area contributed by atoms with Crippen LogP contribution >= 0.6 is 12.6 Å². The van der Waals surface area contributed by atoms with Crippen LogP contribution in [0.5, 0.6) is 0 Å². The number of carbonyl (C=O) groups excluding carboxylic acids is 1. The third-order valence-corrected chi connectivity index (χ3v) is 2.51. The predicted octanol–water partition coefficient (Wildman–Crippen LogP) is 2.10. The van der Waals surface area contributed by atoms with E-state index in [1.54, 1.807) is 24.0 Å².